The Labute approximate surface area is 145 Å². The fraction of sp³-hybridized carbons (Fsp3) is 0.125. The van der Waals surface area contributed by atoms with Crippen LogP contribution in [0.3, 0.4) is 0 Å². The summed E-state index contributed by atoms with van der Waals surface area (Å²) < 4.78 is 33.0. The maximum absolute atomic E-state index is 12.0. The van der Waals surface area contributed by atoms with E-state index < -0.39 is 35.7 Å². The Bertz CT molecular complexity index is 811. The van der Waals surface area contributed by atoms with Crippen LogP contribution in [0.1, 0.15) is 10.4 Å². The first kappa shape index (κ1) is 18.8. The molecule has 136 valence electrons. The molecule has 1 amide bonds. The topological polar surface area (TPSA) is 108 Å². The Hall–Kier alpha value is -3.56. The number of hydrogen-bond donors (Lipinski definition) is 1. The Balaban J connectivity index is 1.91. The monoisotopic (exact) mass is 366 g/mol. The summed E-state index contributed by atoms with van der Waals surface area (Å²) in [5, 5.41) is 13.2. The number of carbonyl (C=O) groups excluding carboxylic acids is 2. The first-order valence-electron chi connectivity index (χ1n) is 7.12. The molecule has 2 aromatic carbocycles. The van der Waals surface area contributed by atoms with Gasteiger partial charge in [-0.1, -0.05) is 12.1 Å². The second kappa shape index (κ2) is 8.51. The minimum absolute atomic E-state index is 0.0826. The Morgan fingerprint density at radius 1 is 1.12 bits per heavy atom. The number of carbonyl (C=O) groups is 2. The lowest BCUT2D eigenvalue weighted by molar-refractivity contribution is -0.385. The summed E-state index contributed by atoms with van der Waals surface area (Å²) in [7, 11) is 0. The van der Waals surface area contributed by atoms with E-state index in [9.17, 15) is 28.5 Å². The summed E-state index contributed by atoms with van der Waals surface area (Å²) in [6.07, 6.45) is 0. The number of anilines is 1. The number of rotatable bonds is 7. The Morgan fingerprint density at radius 2 is 1.77 bits per heavy atom. The molecule has 8 nitrogen and oxygen atoms in total. The predicted octanol–water partition coefficient (Wildman–Crippen LogP) is 2.99. The largest absolute Gasteiger partial charge is 0.452 e. The molecule has 26 heavy (non-hydrogen) atoms. The van der Waals surface area contributed by atoms with Crippen LogP contribution in [0.2, 0.25) is 0 Å². The van der Waals surface area contributed by atoms with Crippen molar-refractivity contribution in [3.8, 4) is 5.75 Å². The first-order valence-corrected chi connectivity index (χ1v) is 7.12. The van der Waals surface area contributed by atoms with Crippen molar-refractivity contribution in [2.45, 2.75) is 6.61 Å². The number of benzene rings is 2. The van der Waals surface area contributed by atoms with E-state index in [2.05, 4.69) is 10.1 Å². The number of amides is 1. The minimum Gasteiger partial charge on any atom is -0.452 e. The maximum Gasteiger partial charge on any atom is 0.387 e. The quantitative estimate of drug-likeness (QED) is 0.458. The van der Waals surface area contributed by atoms with Crippen molar-refractivity contribution in [1.82, 2.24) is 0 Å². The van der Waals surface area contributed by atoms with Gasteiger partial charge < -0.3 is 14.8 Å². The van der Waals surface area contributed by atoms with E-state index >= 15 is 0 Å². The molecular formula is C16H12F2N2O6. The van der Waals surface area contributed by atoms with Gasteiger partial charge in [-0.15, -0.1) is 0 Å². The summed E-state index contributed by atoms with van der Waals surface area (Å²) >= 11 is 0. The van der Waals surface area contributed by atoms with Gasteiger partial charge in [-0.3, -0.25) is 14.9 Å². The number of alkyl halides is 2. The van der Waals surface area contributed by atoms with Crippen molar-refractivity contribution in [3.63, 3.8) is 0 Å². The van der Waals surface area contributed by atoms with Gasteiger partial charge in [-0.25, -0.2) is 4.79 Å². The van der Waals surface area contributed by atoms with E-state index in [1.54, 1.807) is 0 Å². The molecule has 0 unspecified atom stereocenters. The number of esters is 1. The van der Waals surface area contributed by atoms with Crippen LogP contribution in [0.15, 0.2) is 48.5 Å². The average Bonchev–Trinajstić information content (AvgIpc) is 2.61. The van der Waals surface area contributed by atoms with E-state index in [4.69, 9.17) is 4.74 Å². The SMILES string of the molecule is O=C(COC(=O)c1ccccc1[N+](=O)[O-])Nc1ccc(OC(F)F)cc1. The fourth-order valence-electron chi connectivity index (χ4n) is 1.93. The second-order valence-corrected chi connectivity index (χ2v) is 4.80. The number of ether oxygens (including phenoxy) is 2. The van der Waals surface area contributed by atoms with Crippen LogP contribution in [-0.2, 0) is 9.53 Å². The summed E-state index contributed by atoms with van der Waals surface area (Å²) in [5.41, 5.74) is -0.454. The lowest BCUT2D eigenvalue weighted by Crippen LogP contribution is -2.21. The molecule has 0 heterocycles. The van der Waals surface area contributed by atoms with Crippen LogP contribution in [0.5, 0.6) is 5.75 Å². The van der Waals surface area contributed by atoms with Gasteiger partial charge in [0.05, 0.1) is 4.92 Å². The van der Waals surface area contributed by atoms with Crippen LogP contribution < -0.4 is 10.1 Å². The zero-order valence-electron chi connectivity index (χ0n) is 13.1. The van der Waals surface area contributed by atoms with Gasteiger partial charge in [0.25, 0.3) is 11.6 Å². The van der Waals surface area contributed by atoms with E-state index in [0.29, 0.717) is 0 Å². The van der Waals surface area contributed by atoms with E-state index in [1.165, 1.54) is 42.5 Å². The number of halogens is 2. The summed E-state index contributed by atoms with van der Waals surface area (Å²) in [6, 6.07) is 10.2. The molecule has 0 bridgehead atoms. The molecule has 0 fully saturated rings. The number of hydrogen-bond acceptors (Lipinski definition) is 6. The second-order valence-electron chi connectivity index (χ2n) is 4.80. The molecule has 0 aliphatic carbocycles. The fourth-order valence-corrected chi connectivity index (χ4v) is 1.93. The van der Waals surface area contributed by atoms with Crippen LogP contribution in [0.4, 0.5) is 20.2 Å². The molecule has 10 heteroatoms. The van der Waals surface area contributed by atoms with Gasteiger partial charge in [0, 0.05) is 11.8 Å². The Morgan fingerprint density at radius 3 is 2.38 bits per heavy atom. The molecule has 0 radical (unpaired) electrons. The van der Waals surface area contributed by atoms with Gasteiger partial charge in [0.1, 0.15) is 11.3 Å². The molecule has 0 saturated carbocycles. The smallest absolute Gasteiger partial charge is 0.387 e. The van der Waals surface area contributed by atoms with Crippen molar-refractivity contribution >= 4 is 23.3 Å². The Kier molecular flexibility index (Phi) is 6.15. The normalized spacial score (nSPS) is 10.3. The first-order chi connectivity index (χ1) is 12.4. The van der Waals surface area contributed by atoms with Gasteiger partial charge in [0.15, 0.2) is 6.61 Å². The van der Waals surface area contributed by atoms with Gasteiger partial charge >= 0.3 is 12.6 Å². The van der Waals surface area contributed by atoms with E-state index in [0.717, 1.165) is 6.07 Å². The molecule has 0 aliphatic rings. The van der Waals surface area contributed by atoms with Crippen molar-refractivity contribution in [1.29, 1.82) is 0 Å². The zero-order valence-corrected chi connectivity index (χ0v) is 13.1. The van der Waals surface area contributed by atoms with Crippen LogP contribution in [0.25, 0.3) is 0 Å². The van der Waals surface area contributed by atoms with Crippen molar-refractivity contribution in [2.75, 3.05) is 11.9 Å². The van der Waals surface area contributed by atoms with Crippen molar-refractivity contribution < 1.29 is 32.8 Å². The lowest BCUT2D eigenvalue weighted by Gasteiger charge is -2.08. The number of nitro benzene ring substituents is 1. The third-order valence-electron chi connectivity index (χ3n) is 3.02. The highest BCUT2D eigenvalue weighted by Gasteiger charge is 2.21. The standard InChI is InChI=1S/C16H12F2N2O6/c17-16(18)26-11-7-5-10(6-8-11)19-14(21)9-25-15(22)12-3-1-2-4-13(12)20(23)24/h1-8,16H,9H2,(H,19,21). The zero-order chi connectivity index (χ0) is 19.1. The average molecular weight is 366 g/mol. The molecule has 0 saturated heterocycles. The molecule has 0 spiro atoms. The maximum atomic E-state index is 12.0. The highest BCUT2D eigenvalue weighted by atomic mass is 19.3. The van der Waals surface area contributed by atoms with Gasteiger partial charge in [-0.2, -0.15) is 8.78 Å². The van der Waals surface area contributed by atoms with Crippen molar-refractivity contribution in [2.24, 2.45) is 0 Å². The summed E-state index contributed by atoms with van der Waals surface area (Å²) in [6.45, 7) is -3.64. The lowest BCUT2D eigenvalue weighted by atomic mass is 10.2. The molecule has 0 aliphatic heterocycles. The molecule has 2 rings (SSSR count). The van der Waals surface area contributed by atoms with Crippen LogP contribution in [-0.4, -0.2) is 30.0 Å². The third-order valence-corrected chi connectivity index (χ3v) is 3.02. The third kappa shape index (κ3) is 5.23. The molecule has 0 aromatic heterocycles. The summed E-state index contributed by atoms with van der Waals surface area (Å²) in [5.74, 6) is -1.81. The molecular weight excluding hydrogens is 354 g/mol. The van der Waals surface area contributed by atoms with E-state index in [1.807, 2.05) is 0 Å². The number of para-hydroxylation sites is 1. The molecule has 1 N–H and O–H groups in total. The highest BCUT2D eigenvalue weighted by molar-refractivity contribution is 5.97. The van der Waals surface area contributed by atoms with Crippen LogP contribution in [0, 0.1) is 10.1 Å². The molecule has 0 atom stereocenters. The number of nitrogens with zero attached hydrogens (tertiary/aromatic N) is 1. The van der Waals surface area contributed by atoms with Gasteiger partial charge in [0.2, 0.25) is 0 Å². The van der Waals surface area contributed by atoms with Gasteiger partial charge in [-0.05, 0) is 30.3 Å². The number of nitrogens with one attached hydrogen (secondary N) is 1. The predicted molar refractivity (Wildman–Crippen MR) is 85.1 cm³/mol. The number of nitro groups is 1. The van der Waals surface area contributed by atoms with E-state index in [-0.39, 0.29) is 17.0 Å². The highest BCUT2D eigenvalue weighted by Crippen LogP contribution is 2.19. The molecule has 2 aromatic rings. The minimum atomic E-state index is -2.96. The summed E-state index contributed by atoms with van der Waals surface area (Å²) in [4.78, 5) is 33.8. The van der Waals surface area contributed by atoms with Crippen LogP contribution >= 0.6 is 0 Å². The van der Waals surface area contributed by atoms with Crippen molar-refractivity contribution in [3.05, 3.63) is 64.2 Å².